The average molecular weight is 506 g/mol. The second-order valence-electron chi connectivity index (χ2n) is 9.92. The molecule has 2 aromatic rings. The average Bonchev–Trinajstić information content (AvgIpc) is 3.62. The lowest BCUT2D eigenvalue weighted by atomic mass is 10.1. The van der Waals surface area contributed by atoms with Gasteiger partial charge in [-0.05, 0) is 50.8 Å². The maximum atomic E-state index is 14.5. The Hall–Kier alpha value is -3.78. The molecule has 11 heteroatoms. The van der Waals surface area contributed by atoms with Crippen LogP contribution >= 0.6 is 0 Å². The highest BCUT2D eigenvalue weighted by atomic mass is 19.1. The van der Waals surface area contributed by atoms with Crippen LogP contribution in [0.5, 0.6) is 0 Å². The van der Waals surface area contributed by atoms with Gasteiger partial charge in [0.15, 0.2) is 11.6 Å². The number of halogens is 1. The van der Waals surface area contributed by atoms with Crippen LogP contribution in [0.15, 0.2) is 36.2 Å². The molecule has 194 valence electrons. The number of nitrogens with one attached hydrogen (secondary N) is 2. The topological polar surface area (TPSA) is 113 Å². The van der Waals surface area contributed by atoms with E-state index in [1.807, 2.05) is 12.1 Å². The molecule has 2 aliphatic heterocycles. The molecule has 2 aromatic heterocycles. The highest BCUT2D eigenvalue weighted by Crippen LogP contribution is 2.32. The zero-order valence-corrected chi connectivity index (χ0v) is 21.0. The molecule has 3 aliphatic rings. The van der Waals surface area contributed by atoms with Crippen molar-refractivity contribution in [3.8, 4) is 6.07 Å². The highest BCUT2D eigenvalue weighted by Gasteiger charge is 2.32. The number of carbonyl (C=O) groups is 1. The Kier molecular flexibility index (Phi) is 7.46. The minimum Gasteiger partial charge on any atom is -0.365 e. The fourth-order valence-electron chi connectivity index (χ4n) is 4.70. The Morgan fingerprint density at radius 1 is 1.16 bits per heavy atom. The Morgan fingerprint density at radius 2 is 1.97 bits per heavy atom. The Labute approximate surface area is 216 Å². The van der Waals surface area contributed by atoms with Crippen LogP contribution in [-0.4, -0.2) is 83.0 Å². The standard InChI is InChI=1S/C26H32FN9O/c1-34-9-11-35(12-10-34)23-7-6-20(15-29-23)32-26-31-17-22(27)24(33-26)30-16-21-3-2-8-36(21)25(37)19(14-28)13-18-4-5-18/h6-7,13,15,17-18,21H,2-5,8-12,16H2,1H3,(H2,30,31,32,33)/b19-13+. The van der Waals surface area contributed by atoms with Gasteiger partial charge in [0, 0.05) is 45.3 Å². The van der Waals surface area contributed by atoms with E-state index in [1.165, 1.54) is 0 Å². The number of amides is 1. The van der Waals surface area contributed by atoms with Gasteiger partial charge in [-0.2, -0.15) is 10.2 Å². The van der Waals surface area contributed by atoms with E-state index in [0.717, 1.165) is 63.9 Å². The minimum absolute atomic E-state index is 0.0628. The maximum absolute atomic E-state index is 14.5. The van der Waals surface area contributed by atoms with Crippen molar-refractivity contribution >= 4 is 29.2 Å². The SMILES string of the molecule is CN1CCN(c2ccc(Nc3ncc(F)c(NCC4CCCN4C(=O)/C(C#N)=C/C4CC4)n3)cn2)CC1. The first-order chi connectivity index (χ1) is 18.0. The molecule has 0 spiro atoms. The number of aromatic nitrogens is 3. The van der Waals surface area contributed by atoms with Crippen LogP contribution in [0.4, 0.5) is 27.7 Å². The fourth-order valence-corrected chi connectivity index (χ4v) is 4.70. The predicted molar refractivity (Wildman–Crippen MR) is 139 cm³/mol. The third-order valence-corrected chi connectivity index (χ3v) is 7.09. The van der Waals surface area contributed by atoms with Gasteiger partial charge in [-0.25, -0.2) is 14.4 Å². The lowest BCUT2D eigenvalue weighted by Gasteiger charge is -2.33. The molecule has 2 saturated heterocycles. The van der Waals surface area contributed by atoms with Crippen molar-refractivity contribution in [1.29, 1.82) is 5.26 Å². The lowest BCUT2D eigenvalue weighted by Crippen LogP contribution is -2.44. The highest BCUT2D eigenvalue weighted by molar-refractivity contribution is 5.97. The van der Waals surface area contributed by atoms with Crippen LogP contribution in [0.2, 0.25) is 0 Å². The third kappa shape index (κ3) is 6.14. The first-order valence-electron chi connectivity index (χ1n) is 12.9. The second kappa shape index (κ2) is 11.1. The summed E-state index contributed by atoms with van der Waals surface area (Å²) in [7, 11) is 2.12. The molecule has 0 bridgehead atoms. The first-order valence-corrected chi connectivity index (χ1v) is 12.9. The summed E-state index contributed by atoms with van der Waals surface area (Å²) in [4.78, 5) is 32.1. The van der Waals surface area contributed by atoms with E-state index in [2.05, 4.69) is 48.5 Å². The van der Waals surface area contributed by atoms with Crippen molar-refractivity contribution < 1.29 is 9.18 Å². The van der Waals surface area contributed by atoms with Crippen LogP contribution in [0.1, 0.15) is 25.7 Å². The number of nitrogens with zero attached hydrogens (tertiary/aromatic N) is 7. The van der Waals surface area contributed by atoms with Crippen LogP contribution in [0, 0.1) is 23.1 Å². The normalized spacial score (nSPS) is 20.6. The number of anilines is 4. The lowest BCUT2D eigenvalue weighted by molar-refractivity contribution is -0.127. The van der Waals surface area contributed by atoms with E-state index in [1.54, 1.807) is 17.2 Å². The number of rotatable bonds is 8. The van der Waals surface area contributed by atoms with Crippen molar-refractivity contribution in [2.24, 2.45) is 5.92 Å². The summed E-state index contributed by atoms with van der Waals surface area (Å²) in [5, 5.41) is 15.6. The Morgan fingerprint density at radius 3 is 2.68 bits per heavy atom. The molecule has 2 N–H and O–H groups in total. The summed E-state index contributed by atoms with van der Waals surface area (Å²) in [6.45, 7) is 4.80. The van der Waals surface area contributed by atoms with Crippen LogP contribution in [-0.2, 0) is 4.79 Å². The Balaban J connectivity index is 1.19. The third-order valence-electron chi connectivity index (χ3n) is 7.09. The van der Waals surface area contributed by atoms with Crippen LogP contribution < -0.4 is 15.5 Å². The van der Waals surface area contributed by atoms with Gasteiger partial charge >= 0.3 is 0 Å². The van der Waals surface area contributed by atoms with Crippen molar-refractivity contribution in [3.05, 3.63) is 42.0 Å². The molecule has 5 rings (SSSR count). The van der Waals surface area contributed by atoms with Crippen molar-refractivity contribution in [2.45, 2.75) is 31.7 Å². The van der Waals surface area contributed by atoms with Gasteiger partial charge in [0.25, 0.3) is 5.91 Å². The molecule has 1 saturated carbocycles. The molecule has 1 atom stereocenters. The molecular weight excluding hydrogens is 473 g/mol. The number of likely N-dealkylation sites (N-methyl/N-ethyl adjacent to an activating group) is 1. The summed E-state index contributed by atoms with van der Waals surface area (Å²) >= 11 is 0. The summed E-state index contributed by atoms with van der Waals surface area (Å²) in [6, 6.07) is 5.78. The van der Waals surface area contributed by atoms with Gasteiger partial charge in [-0.1, -0.05) is 6.08 Å². The monoisotopic (exact) mass is 505 g/mol. The molecule has 4 heterocycles. The van der Waals surface area contributed by atoms with Gasteiger partial charge in [0.1, 0.15) is 17.5 Å². The zero-order valence-electron chi connectivity index (χ0n) is 21.0. The summed E-state index contributed by atoms with van der Waals surface area (Å²) in [5.74, 6) is 0.762. The largest absolute Gasteiger partial charge is 0.365 e. The van der Waals surface area contributed by atoms with Crippen molar-refractivity contribution in [1.82, 2.24) is 24.8 Å². The van der Waals surface area contributed by atoms with E-state index in [4.69, 9.17) is 0 Å². The van der Waals surface area contributed by atoms with E-state index in [-0.39, 0.29) is 29.3 Å². The smallest absolute Gasteiger partial charge is 0.264 e. The molecule has 3 fully saturated rings. The number of likely N-dealkylation sites (tertiary alicyclic amines) is 1. The number of pyridine rings is 1. The molecule has 0 radical (unpaired) electrons. The number of carbonyl (C=O) groups excluding carboxylic acids is 1. The summed E-state index contributed by atoms with van der Waals surface area (Å²) < 4.78 is 14.5. The number of piperazine rings is 1. The van der Waals surface area contributed by atoms with Crippen LogP contribution in [0.3, 0.4) is 0 Å². The number of hydrogen-bond donors (Lipinski definition) is 2. The minimum atomic E-state index is -0.573. The quantitative estimate of drug-likeness (QED) is 0.413. The van der Waals surface area contributed by atoms with E-state index in [0.29, 0.717) is 24.7 Å². The van der Waals surface area contributed by atoms with Gasteiger partial charge in [-0.3, -0.25) is 4.79 Å². The van der Waals surface area contributed by atoms with E-state index >= 15 is 0 Å². The van der Waals surface area contributed by atoms with Gasteiger partial charge < -0.3 is 25.3 Å². The molecule has 1 amide bonds. The second-order valence-corrected chi connectivity index (χ2v) is 9.92. The molecule has 1 aliphatic carbocycles. The van der Waals surface area contributed by atoms with Crippen molar-refractivity contribution in [2.75, 3.05) is 61.8 Å². The predicted octanol–water partition coefficient (Wildman–Crippen LogP) is 2.77. The molecule has 1 unspecified atom stereocenters. The fraction of sp³-hybridized carbons (Fsp3) is 0.500. The summed E-state index contributed by atoms with van der Waals surface area (Å²) in [5.41, 5.74) is 0.913. The van der Waals surface area contributed by atoms with Gasteiger partial charge in [0.05, 0.1) is 18.1 Å². The molecule has 10 nitrogen and oxygen atoms in total. The van der Waals surface area contributed by atoms with Crippen LogP contribution in [0.25, 0.3) is 0 Å². The maximum Gasteiger partial charge on any atom is 0.264 e. The first kappa shape index (κ1) is 24.9. The molecular formula is C26H32FN9O. The number of nitriles is 1. The van der Waals surface area contributed by atoms with E-state index < -0.39 is 5.82 Å². The number of allylic oxidation sites excluding steroid dienone is 1. The Bertz CT molecular complexity index is 1180. The van der Waals surface area contributed by atoms with Gasteiger partial charge in [0.2, 0.25) is 5.95 Å². The van der Waals surface area contributed by atoms with Crippen molar-refractivity contribution in [3.63, 3.8) is 0 Å². The number of hydrogen-bond acceptors (Lipinski definition) is 9. The summed E-state index contributed by atoms with van der Waals surface area (Å²) in [6.07, 6.45) is 8.32. The molecule has 37 heavy (non-hydrogen) atoms. The zero-order chi connectivity index (χ0) is 25.8. The molecule has 0 aromatic carbocycles. The van der Waals surface area contributed by atoms with Gasteiger partial charge in [-0.15, -0.1) is 0 Å². The van der Waals surface area contributed by atoms with E-state index in [9.17, 15) is 14.4 Å².